The van der Waals surface area contributed by atoms with Gasteiger partial charge in [-0.1, -0.05) is 0 Å². The van der Waals surface area contributed by atoms with Crippen molar-refractivity contribution >= 4 is 11.9 Å². The molecule has 1 aromatic heterocycles. The van der Waals surface area contributed by atoms with Gasteiger partial charge in [0.1, 0.15) is 11.6 Å². The van der Waals surface area contributed by atoms with Crippen LogP contribution in [0.1, 0.15) is 30.1 Å². The van der Waals surface area contributed by atoms with Crippen molar-refractivity contribution in [2.24, 2.45) is 0 Å². The molecule has 108 valence electrons. The predicted octanol–water partition coefficient (Wildman–Crippen LogP) is 1.26. The molecule has 6 heteroatoms. The minimum atomic E-state index is -0.512. The SMILES string of the molecule is CCOc1ncccc1C(=O)N1CCCC1C(=O)OC. The highest BCUT2D eigenvalue weighted by Crippen LogP contribution is 2.24. The number of esters is 1. The normalized spacial score (nSPS) is 17.9. The summed E-state index contributed by atoms with van der Waals surface area (Å²) in [6.07, 6.45) is 2.99. The summed E-state index contributed by atoms with van der Waals surface area (Å²) in [7, 11) is 1.33. The number of rotatable bonds is 4. The van der Waals surface area contributed by atoms with Crippen LogP contribution in [-0.4, -0.2) is 48.1 Å². The van der Waals surface area contributed by atoms with Crippen molar-refractivity contribution in [3.05, 3.63) is 23.9 Å². The molecule has 2 rings (SSSR count). The zero-order chi connectivity index (χ0) is 14.5. The molecule has 0 aromatic carbocycles. The van der Waals surface area contributed by atoms with Gasteiger partial charge < -0.3 is 14.4 Å². The highest BCUT2D eigenvalue weighted by molar-refractivity contribution is 5.98. The summed E-state index contributed by atoms with van der Waals surface area (Å²) in [5.74, 6) is -0.317. The lowest BCUT2D eigenvalue weighted by Gasteiger charge is -2.23. The minimum Gasteiger partial charge on any atom is -0.477 e. The van der Waals surface area contributed by atoms with Gasteiger partial charge in [0.2, 0.25) is 5.88 Å². The molecule has 20 heavy (non-hydrogen) atoms. The zero-order valence-corrected chi connectivity index (χ0v) is 11.7. The quantitative estimate of drug-likeness (QED) is 0.775. The fourth-order valence-electron chi connectivity index (χ4n) is 2.35. The number of carbonyl (C=O) groups is 2. The predicted molar refractivity (Wildman–Crippen MR) is 71.5 cm³/mol. The Morgan fingerprint density at radius 3 is 3.00 bits per heavy atom. The van der Waals surface area contributed by atoms with Gasteiger partial charge in [0, 0.05) is 12.7 Å². The van der Waals surface area contributed by atoms with E-state index in [-0.39, 0.29) is 11.9 Å². The summed E-state index contributed by atoms with van der Waals surface area (Å²) < 4.78 is 10.1. The molecule has 2 heterocycles. The Morgan fingerprint density at radius 2 is 2.30 bits per heavy atom. The highest BCUT2D eigenvalue weighted by atomic mass is 16.5. The molecule has 1 fully saturated rings. The number of aromatic nitrogens is 1. The third-order valence-electron chi connectivity index (χ3n) is 3.27. The third-order valence-corrected chi connectivity index (χ3v) is 3.27. The largest absolute Gasteiger partial charge is 0.477 e. The van der Waals surface area contributed by atoms with Gasteiger partial charge in [-0.05, 0) is 31.9 Å². The summed E-state index contributed by atoms with van der Waals surface area (Å²) in [6, 6.07) is 2.83. The molecule has 1 atom stereocenters. The number of amides is 1. The second-order valence-electron chi connectivity index (χ2n) is 4.47. The molecule has 6 nitrogen and oxygen atoms in total. The summed E-state index contributed by atoms with van der Waals surface area (Å²) in [5, 5.41) is 0. The van der Waals surface area contributed by atoms with Gasteiger partial charge in [0.05, 0.1) is 13.7 Å². The lowest BCUT2D eigenvalue weighted by Crippen LogP contribution is -2.41. The van der Waals surface area contributed by atoms with E-state index in [4.69, 9.17) is 9.47 Å². The molecule has 1 saturated heterocycles. The Morgan fingerprint density at radius 1 is 1.50 bits per heavy atom. The number of hydrogen-bond acceptors (Lipinski definition) is 5. The molecule has 0 spiro atoms. The first-order valence-corrected chi connectivity index (χ1v) is 6.65. The van der Waals surface area contributed by atoms with Gasteiger partial charge in [-0.15, -0.1) is 0 Å². The minimum absolute atomic E-state index is 0.241. The van der Waals surface area contributed by atoms with Gasteiger partial charge in [0.15, 0.2) is 0 Å². The molecule has 0 N–H and O–H groups in total. The van der Waals surface area contributed by atoms with E-state index in [1.807, 2.05) is 6.92 Å². The van der Waals surface area contributed by atoms with Crippen LogP contribution in [0.3, 0.4) is 0 Å². The molecular formula is C14H18N2O4. The molecule has 1 unspecified atom stereocenters. The number of carbonyl (C=O) groups excluding carboxylic acids is 2. The second kappa shape index (κ2) is 6.36. The van der Waals surface area contributed by atoms with Crippen LogP contribution >= 0.6 is 0 Å². The summed E-state index contributed by atoms with van der Waals surface area (Å²) >= 11 is 0. The molecule has 0 saturated carbocycles. The van der Waals surface area contributed by atoms with Crippen LogP contribution in [0.2, 0.25) is 0 Å². The van der Waals surface area contributed by atoms with Crippen molar-refractivity contribution in [3.8, 4) is 5.88 Å². The van der Waals surface area contributed by atoms with Crippen LogP contribution in [0.5, 0.6) is 5.88 Å². The van der Waals surface area contributed by atoms with Crippen molar-refractivity contribution in [3.63, 3.8) is 0 Å². The van der Waals surface area contributed by atoms with Crippen LogP contribution in [0.25, 0.3) is 0 Å². The maximum atomic E-state index is 12.6. The summed E-state index contributed by atoms with van der Waals surface area (Å²) in [6.45, 7) is 2.80. The Kier molecular flexibility index (Phi) is 4.55. The maximum Gasteiger partial charge on any atom is 0.328 e. The van der Waals surface area contributed by atoms with E-state index in [0.717, 1.165) is 6.42 Å². The van der Waals surface area contributed by atoms with Gasteiger partial charge in [-0.2, -0.15) is 0 Å². The lowest BCUT2D eigenvalue weighted by molar-refractivity contribution is -0.145. The molecular weight excluding hydrogens is 260 g/mol. The van der Waals surface area contributed by atoms with E-state index in [0.29, 0.717) is 31.0 Å². The Hall–Kier alpha value is -2.11. The second-order valence-corrected chi connectivity index (χ2v) is 4.47. The molecule has 1 aliphatic rings. The fraction of sp³-hybridized carbons (Fsp3) is 0.500. The van der Waals surface area contributed by atoms with Crippen LogP contribution in [-0.2, 0) is 9.53 Å². The molecule has 1 aromatic rings. The van der Waals surface area contributed by atoms with Crippen molar-refractivity contribution < 1.29 is 19.1 Å². The standard InChI is InChI=1S/C14H18N2O4/c1-3-20-12-10(6-4-8-15-12)13(17)16-9-5-7-11(16)14(18)19-2/h4,6,8,11H,3,5,7,9H2,1-2H3. The lowest BCUT2D eigenvalue weighted by atomic mass is 10.2. The van der Waals surface area contributed by atoms with Crippen LogP contribution < -0.4 is 4.74 Å². The van der Waals surface area contributed by atoms with E-state index in [9.17, 15) is 9.59 Å². The number of pyridine rings is 1. The van der Waals surface area contributed by atoms with Gasteiger partial charge >= 0.3 is 5.97 Å². The number of nitrogens with zero attached hydrogens (tertiary/aromatic N) is 2. The zero-order valence-electron chi connectivity index (χ0n) is 11.7. The van der Waals surface area contributed by atoms with E-state index in [1.54, 1.807) is 18.3 Å². The highest BCUT2D eigenvalue weighted by Gasteiger charge is 2.36. The van der Waals surface area contributed by atoms with Crippen molar-refractivity contribution in [2.45, 2.75) is 25.8 Å². The van der Waals surface area contributed by atoms with Gasteiger partial charge in [-0.3, -0.25) is 4.79 Å². The van der Waals surface area contributed by atoms with Crippen molar-refractivity contribution in [1.29, 1.82) is 0 Å². The fourth-order valence-corrected chi connectivity index (χ4v) is 2.35. The van der Waals surface area contributed by atoms with Crippen LogP contribution in [0, 0.1) is 0 Å². The molecule has 1 amide bonds. The first-order chi connectivity index (χ1) is 9.69. The average molecular weight is 278 g/mol. The molecule has 0 bridgehead atoms. The van der Waals surface area contributed by atoms with Crippen molar-refractivity contribution in [2.75, 3.05) is 20.3 Å². The first kappa shape index (κ1) is 14.3. The van der Waals surface area contributed by atoms with E-state index < -0.39 is 6.04 Å². The Labute approximate surface area is 117 Å². The average Bonchev–Trinajstić information content (AvgIpc) is 2.96. The van der Waals surface area contributed by atoms with Gasteiger partial charge in [-0.25, -0.2) is 9.78 Å². The monoisotopic (exact) mass is 278 g/mol. The van der Waals surface area contributed by atoms with Crippen molar-refractivity contribution in [1.82, 2.24) is 9.88 Å². The number of ether oxygens (including phenoxy) is 2. The summed E-state index contributed by atoms with van der Waals surface area (Å²) in [4.78, 5) is 29.9. The maximum absolute atomic E-state index is 12.6. The third kappa shape index (κ3) is 2.74. The Balaban J connectivity index is 2.24. The number of methoxy groups -OCH3 is 1. The summed E-state index contributed by atoms with van der Waals surface area (Å²) in [5.41, 5.74) is 0.380. The first-order valence-electron chi connectivity index (χ1n) is 6.65. The topological polar surface area (TPSA) is 68.7 Å². The van der Waals surface area contributed by atoms with Crippen LogP contribution in [0.4, 0.5) is 0 Å². The van der Waals surface area contributed by atoms with Crippen LogP contribution in [0.15, 0.2) is 18.3 Å². The van der Waals surface area contributed by atoms with Gasteiger partial charge in [0.25, 0.3) is 5.91 Å². The number of hydrogen-bond donors (Lipinski definition) is 0. The molecule has 1 aliphatic heterocycles. The molecule has 0 radical (unpaired) electrons. The van der Waals surface area contributed by atoms with E-state index >= 15 is 0 Å². The van der Waals surface area contributed by atoms with E-state index in [1.165, 1.54) is 12.0 Å². The van der Waals surface area contributed by atoms with E-state index in [2.05, 4.69) is 4.98 Å². The number of likely N-dealkylation sites (tertiary alicyclic amines) is 1. The molecule has 0 aliphatic carbocycles. The smallest absolute Gasteiger partial charge is 0.328 e. The Bertz CT molecular complexity index is 504.